The normalized spacial score (nSPS) is 14.8. The van der Waals surface area contributed by atoms with Crippen molar-refractivity contribution in [3.8, 4) is 29.6 Å². The van der Waals surface area contributed by atoms with Gasteiger partial charge in [-0.05, 0) is 12.1 Å². The predicted molar refractivity (Wildman–Crippen MR) is 91.9 cm³/mol. The molecule has 1 aromatic carbocycles. The molecule has 0 saturated carbocycles. The molecule has 0 unspecified atom stereocenters. The van der Waals surface area contributed by atoms with Crippen LogP contribution in [0.1, 0.15) is 16.8 Å². The smallest absolute Gasteiger partial charge is 0.257 e. The van der Waals surface area contributed by atoms with Crippen molar-refractivity contribution in [2.24, 2.45) is 0 Å². The minimum atomic E-state index is -0.0654. The van der Waals surface area contributed by atoms with E-state index in [1.165, 1.54) is 14.2 Å². The number of benzene rings is 1. The van der Waals surface area contributed by atoms with Crippen LogP contribution < -0.4 is 14.2 Å². The molecule has 130 valence electrons. The second-order valence-electron chi connectivity index (χ2n) is 5.47. The van der Waals surface area contributed by atoms with Crippen LogP contribution in [0.3, 0.4) is 0 Å². The molecule has 1 amide bonds. The highest BCUT2D eigenvalue weighted by Crippen LogP contribution is 2.40. The molecule has 1 aromatic rings. The van der Waals surface area contributed by atoms with Gasteiger partial charge >= 0.3 is 0 Å². The number of hydrogen-bond acceptors (Lipinski definition) is 5. The molecular weight excluding hydrogens is 308 g/mol. The zero-order valence-corrected chi connectivity index (χ0v) is 14.5. The number of terminal acetylenes is 1. The Hall–Kier alpha value is -2.39. The van der Waals surface area contributed by atoms with Gasteiger partial charge in [-0.15, -0.1) is 12.3 Å². The first-order valence-electron chi connectivity index (χ1n) is 7.90. The fourth-order valence-corrected chi connectivity index (χ4v) is 2.84. The maximum Gasteiger partial charge on any atom is 0.257 e. The molecule has 6 heteroatoms. The molecule has 24 heavy (non-hydrogen) atoms. The monoisotopic (exact) mass is 332 g/mol. The van der Waals surface area contributed by atoms with Gasteiger partial charge in [-0.25, -0.2) is 0 Å². The third-order valence-corrected chi connectivity index (χ3v) is 4.17. The second-order valence-corrected chi connectivity index (χ2v) is 5.47. The molecule has 1 fully saturated rings. The summed E-state index contributed by atoms with van der Waals surface area (Å²) in [5.41, 5.74) is 0.479. The standard InChI is InChI=1S/C18H24N2O4/c1-5-6-9-19-10-12-20(13-11-19)18(21)14-7-8-15(22-2)17(24-4)16(14)23-3/h1,7-8H,6,9-13H2,2-4H3. The lowest BCUT2D eigenvalue weighted by atomic mass is 10.1. The van der Waals surface area contributed by atoms with Crippen molar-refractivity contribution in [3.63, 3.8) is 0 Å². The molecule has 2 rings (SSSR count). The molecule has 1 saturated heterocycles. The summed E-state index contributed by atoms with van der Waals surface area (Å²) in [6.07, 6.45) is 6.04. The quantitative estimate of drug-likeness (QED) is 0.739. The van der Waals surface area contributed by atoms with Crippen LogP contribution in [0, 0.1) is 12.3 Å². The Morgan fingerprint density at radius 3 is 2.29 bits per heavy atom. The average Bonchev–Trinajstić information content (AvgIpc) is 2.64. The SMILES string of the molecule is C#CCCN1CCN(C(=O)c2ccc(OC)c(OC)c2OC)CC1. The fourth-order valence-electron chi connectivity index (χ4n) is 2.84. The minimum absolute atomic E-state index is 0.0654. The Morgan fingerprint density at radius 1 is 1.08 bits per heavy atom. The van der Waals surface area contributed by atoms with Gasteiger partial charge in [-0.2, -0.15) is 0 Å². The summed E-state index contributed by atoms with van der Waals surface area (Å²) in [6.45, 7) is 3.85. The van der Waals surface area contributed by atoms with Crippen LogP contribution in [0.25, 0.3) is 0 Å². The number of methoxy groups -OCH3 is 3. The van der Waals surface area contributed by atoms with Crippen LogP contribution in [0.4, 0.5) is 0 Å². The number of carbonyl (C=O) groups is 1. The molecule has 0 radical (unpaired) electrons. The van der Waals surface area contributed by atoms with Crippen molar-refractivity contribution in [2.75, 3.05) is 54.1 Å². The highest BCUT2D eigenvalue weighted by Gasteiger charge is 2.27. The number of nitrogens with zero attached hydrogens (tertiary/aromatic N) is 2. The molecule has 0 aliphatic carbocycles. The molecule has 0 N–H and O–H groups in total. The third-order valence-electron chi connectivity index (χ3n) is 4.17. The Bertz CT molecular complexity index is 616. The number of piperazine rings is 1. The highest BCUT2D eigenvalue weighted by molar-refractivity contribution is 5.98. The Kier molecular flexibility index (Phi) is 6.33. The second kappa shape index (κ2) is 8.46. The van der Waals surface area contributed by atoms with Gasteiger partial charge in [0.15, 0.2) is 11.5 Å². The molecule has 0 spiro atoms. The zero-order valence-electron chi connectivity index (χ0n) is 14.5. The number of hydrogen-bond donors (Lipinski definition) is 0. The Balaban J connectivity index is 2.15. The lowest BCUT2D eigenvalue weighted by Gasteiger charge is -2.34. The fraction of sp³-hybridized carbons (Fsp3) is 0.500. The van der Waals surface area contributed by atoms with Gasteiger partial charge < -0.3 is 19.1 Å². The van der Waals surface area contributed by atoms with E-state index in [2.05, 4.69) is 10.8 Å². The average molecular weight is 332 g/mol. The van der Waals surface area contributed by atoms with Crippen LogP contribution in [0.5, 0.6) is 17.2 Å². The van der Waals surface area contributed by atoms with E-state index in [0.29, 0.717) is 35.9 Å². The van der Waals surface area contributed by atoms with E-state index in [-0.39, 0.29) is 5.91 Å². The summed E-state index contributed by atoms with van der Waals surface area (Å²) < 4.78 is 16.0. The number of amides is 1. The van der Waals surface area contributed by atoms with E-state index in [0.717, 1.165) is 26.1 Å². The molecule has 0 atom stereocenters. The van der Waals surface area contributed by atoms with Crippen LogP contribution in [-0.2, 0) is 0 Å². The summed E-state index contributed by atoms with van der Waals surface area (Å²) >= 11 is 0. The van der Waals surface area contributed by atoms with E-state index < -0.39 is 0 Å². The molecule has 6 nitrogen and oxygen atoms in total. The first-order valence-corrected chi connectivity index (χ1v) is 7.90. The van der Waals surface area contributed by atoms with Gasteiger partial charge in [0.1, 0.15) is 0 Å². The van der Waals surface area contributed by atoms with Crippen LogP contribution >= 0.6 is 0 Å². The van der Waals surface area contributed by atoms with Crippen molar-refractivity contribution in [1.82, 2.24) is 9.80 Å². The van der Waals surface area contributed by atoms with Gasteiger partial charge in [0.05, 0.1) is 26.9 Å². The Morgan fingerprint density at radius 2 is 1.75 bits per heavy atom. The van der Waals surface area contributed by atoms with Crippen molar-refractivity contribution < 1.29 is 19.0 Å². The molecule has 1 aliphatic heterocycles. The van der Waals surface area contributed by atoms with Gasteiger partial charge in [0.2, 0.25) is 5.75 Å². The van der Waals surface area contributed by atoms with Gasteiger partial charge in [0, 0.05) is 39.1 Å². The van der Waals surface area contributed by atoms with E-state index in [4.69, 9.17) is 20.6 Å². The first-order chi connectivity index (χ1) is 11.7. The van der Waals surface area contributed by atoms with E-state index >= 15 is 0 Å². The summed E-state index contributed by atoms with van der Waals surface area (Å²) in [6, 6.07) is 3.44. The predicted octanol–water partition coefficient (Wildman–Crippen LogP) is 1.49. The lowest BCUT2D eigenvalue weighted by molar-refractivity contribution is 0.0636. The Labute approximate surface area is 143 Å². The van der Waals surface area contributed by atoms with E-state index in [1.807, 2.05) is 4.90 Å². The lowest BCUT2D eigenvalue weighted by Crippen LogP contribution is -2.48. The van der Waals surface area contributed by atoms with Crippen molar-refractivity contribution in [1.29, 1.82) is 0 Å². The molecular formula is C18H24N2O4. The first kappa shape index (κ1) is 18.0. The van der Waals surface area contributed by atoms with Crippen molar-refractivity contribution in [2.45, 2.75) is 6.42 Å². The summed E-state index contributed by atoms with van der Waals surface area (Å²) in [7, 11) is 4.60. The van der Waals surface area contributed by atoms with Crippen molar-refractivity contribution in [3.05, 3.63) is 17.7 Å². The largest absolute Gasteiger partial charge is 0.493 e. The van der Waals surface area contributed by atoms with Crippen LogP contribution in [-0.4, -0.2) is 69.8 Å². The highest BCUT2D eigenvalue weighted by atomic mass is 16.5. The van der Waals surface area contributed by atoms with E-state index in [1.54, 1.807) is 19.2 Å². The molecule has 0 aromatic heterocycles. The summed E-state index contributed by atoms with van der Waals surface area (Å²) in [5.74, 6) is 3.94. The number of rotatable bonds is 6. The van der Waals surface area contributed by atoms with E-state index in [9.17, 15) is 4.79 Å². The minimum Gasteiger partial charge on any atom is -0.493 e. The van der Waals surface area contributed by atoms with Crippen LogP contribution in [0.15, 0.2) is 12.1 Å². The summed E-state index contributed by atoms with van der Waals surface area (Å²) in [4.78, 5) is 17.0. The topological polar surface area (TPSA) is 51.2 Å². The molecule has 1 heterocycles. The van der Waals surface area contributed by atoms with Crippen molar-refractivity contribution >= 4 is 5.91 Å². The third kappa shape index (κ3) is 3.74. The maximum absolute atomic E-state index is 12.9. The molecule has 0 bridgehead atoms. The van der Waals surface area contributed by atoms with Gasteiger partial charge in [0.25, 0.3) is 5.91 Å². The number of carbonyl (C=O) groups excluding carboxylic acids is 1. The summed E-state index contributed by atoms with van der Waals surface area (Å²) in [5, 5.41) is 0. The van der Waals surface area contributed by atoms with Gasteiger partial charge in [-0.3, -0.25) is 9.69 Å². The maximum atomic E-state index is 12.9. The number of ether oxygens (including phenoxy) is 3. The molecule has 1 aliphatic rings. The van der Waals surface area contributed by atoms with Gasteiger partial charge in [-0.1, -0.05) is 0 Å². The van der Waals surface area contributed by atoms with Crippen LogP contribution in [0.2, 0.25) is 0 Å². The zero-order chi connectivity index (χ0) is 17.5.